The normalized spacial score (nSPS) is 11.4. The van der Waals surface area contributed by atoms with E-state index in [2.05, 4.69) is 20.9 Å². The summed E-state index contributed by atoms with van der Waals surface area (Å²) < 4.78 is 34.2. The number of amides is 1. The number of rotatable bonds is 5. The summed E-state index contributed by atoms with van der Waals surface area (Å²) in [6, 6.07) is 8.89. The molecule has 1 heterocycles. The highest BCUT2D eigenvalue weighted by Gasteiger charge is 2.27. The van der Waals surface area contributed by atoms with E-state index in [9.17, 15) is 13.2 Å². The fourth-order valence-electron chi connectivity index (χ4n) is 2.66. The average Bonchev–Trinajstić information content (AvgIpc) is 2.95. The van der Waals surface area contributed by atoms with E-state index in [0.717, 1.165) is 0 Å². The largest absolute Gasteiger partial charge is 0.497 e. The number of carbonyl (C=O) groups excluding carboxylic acids is 1. The Bertz CT molecular complexity index is 1240. The van der Waals surface area contributed by atoms with Crippen LogP contribution in [0.25, 0.3) is 5.69 Å². The van der Waals surface area contributed by atoms with Crippen molar-refractivity contribution in [3.63, 3.8) is 0 Å². The number of hydrogen-bond donors (Lipinski definition) is 1. The van der Waals surface area contributed by atoms with Gasteiger partial charge in [0.25, 0.3) is 15.9 Å². The molecule has 12 heteroatoms. The van der Waals surface area contributed by atoms with Crippen LogP contribution in [0.3, 0.4) is 0 Å². The Balaban J connectivity index is 1.99. The number of sulfonamides is 1. The molecule has 3 rings (SSSR count). The van der Waals surface area contributed by atoms with Gasteiger partial charge < -0.3 is 4.74 Å². The van der Waals surface area contributed by atoms with Gasteiger partial charge in [0.2, 0.25) is 0 Å². The lowest BCUT2D eigenvalue weighted by Crippen LogP contribution is -2.31. The van der Waals surface area contributed by atoms with Crippen LogP contribution in [0.5, 0.6) is 5.75 Å². The van der Waals surface area contributed by atoms with Crippen LogP contribution in [0, 0.1) is 6.92 Å². The maximum Gasteiger partial charge on any atom is 0.286 e. The molecule has 158 valence electrons. The van der Waals surface area contributed by atoms with E-state index in [1.807, 2.05) is 4.72 Å². The van der Waals surface area contributed by atoms with Crippen LogP contribution in [0.15, 0.2) is 45.9 Å². The summed E-state index contributed by atoms with van der Waals surface area (Å²) in [5, 5.41) is 0.711. The summed E-state index contributed by atoms with van der Waals surface area (Å²) in [4.78, 5) is 16.6. The van der Waals surface area contributed by atoms with Crippen LogP contribution < -0.4 is 9.46 Å². The summed E-state index contributed by atoms with van der Waals surface area (Å²) in [6.07, 6.45) is 0. The molecule has 3 aromatic rings. The minimum atomic E-state index is -4.29. The average molecular weight is 554 g/mol. The van der Waals surface area contributed by atoms with Gasteiger partial charge in [0.1, 0.15) is 21.1 Å². The fraction of sp³-hybridized carbons (Fsp3) is 0.111. The molecule has 0 aliphatic rings. The second kappa shape index (κ2) is 8.76. The Hall–Kier alpha value is -1.78. The number of ether oxygens (including phenoxy) is 1. The molecule has 30 heavy (non-hydrogen) atoms. The minimum Gasteiger partial charge on any atom is -0.497 e. The van der Waals surface area contributed by atoms with Gasteiger partial charge in [0.05, 0.1) is 17.8 Å². The van der Waals surface area contributed by atoms with E-state index < -0.39 is 15.9 Å². The standard InChI is InChI=1S/C18H13BrCl3N3O4S/c1-9-23-16(17(19)25(9)12-6-10(20)5-11(21)7-12)18(26)24-30(27,28)15-8-13(29-2)3-4-14(15)22/h3-8H,1-2H3,(H,24,26). The number of imidazole rings is 1. The molecule has 1 N–H and O–H groups in total. The van der Waals surface area contributed by atoms with Crippen molar-refractivity contribution < 1.29 is 17.9 Å². The van der Waals surface area contributed by atoms with Gasteiger partial charge in [-0.15, -0.1) is 0 Å². The van der Waals surface area contributed by atoms with Crippen LogP contribution >= 0.6 is 50.7 Å². The van der Waals surface area contributed by atoms with Crippen LogP contribution in [0.2, 0.25) is 15.1 Å². The Morgan fingerprint density at radius 1 is 1.13 bits per heavy atom. The first kappa shape index (κ1) is 22.9. The Labute approximate surface area is 196 Å². The number of aromatic nitrogens is 2. The number of nitrogens with zero attached hydrogens (tertiary/aromatic N) is 2. The highest BCUT2D eigenvalue weighted by Crippen LogP contribution is 2.29. The second-order valence-corrected chi connectivity index (χ2v) is 9.67. The van der Waals surface area contributed by atoms with Crippen LogP contribution in [0.4, 0.5) is 0 Å². The summed E-state index contributed by atoms with van der Waals surface area (Å²) in [5.74, 6) is -0.274. The van der Waals surface area contributed by atoms with Crippen molar-refractivity contribution >= 4 is 66.7 Å². The molecular formula is C18H13BrCl3N3O4S. The van der Waals surface area contributed by atoms with Gasteiger partial charge in [-0.3, -0.25) is 9.36 Å². The van der Waals surface area contributed by atoms with Crippen LogP contribution in [0.1, 0.15) is 16.3 Å². The predicted molar refractivity (Wildman–Crippen MR) is 119 cm³/mol. The molecular weight excluding hydrogens is 541 g/mol. The predicted octanol–water partition coefficient (Wildman–Crippen LogP) is 5.03. The molecule has 1 amide bonds. The molecule has 0 atom stereocenters. The monoisotopic (exact) mass is 551 g/mol. The van der Waals surface area contributed by atoms with Crippen molar-refractivity contribution in [1.82, 2.24) is 14.3 Å². The zero-order chi connectivity index (χ0) is 22.2. The third kappa shape index (κ3) is 4.60. The number of nitrogens with one attached hydrogen (secondary N) is 1. The topological polar surface area (TPSA) is 90.3 Å². The van der Waals surface area contributed by atoms with Crippen molar-refractivity contribution in [2.45, 2.75) is 11.8 Å². The molecule has 7 nitrogen and oxygen atoms in total. The first-order chi connectivity index (χ1) is 14.0. The van der Waals surface area contributed by atoms with Gasteiger partial charge >= 0.3 is 0 Å². The van der Waals surface area contributed by atoms with Gasteiger partial charge in [-0.2, -0.15) is 0 Å². The zero-order valence-electron chi connectivity index (χ0n) is 15.4. The quantitative estimate of drug-likeness (QED) is 0.479. The van der Waals surface area contributed by atoms with E-state index in [1.54, 1.807) is 29.7 Å². The highest BCUT2D eigenvalue weighted by atomic mass is 79.9. The van der Waals surface area contributed by atoms with Crippen LogP contribution in [-0.2, 0) is 10.0 Å². The number of methoxy groups -OCH3 is 1. The van der Waals surface area contributed by atoms with Gasteiger partial charge in [-0.1, -0.05) is 34.8 Å². The summed E-state index contributed by atoms with van der Waals surface area (Å²) in [6.45, 7) is 1.64. The molecule has 0 saturated carbocycles. The lowest BCUT2D eigenvalue weighted by atomic mass is 10.3. The third-order valence-corrected chi connectivity index (χ3v) is 6.94. The number of aryl methyl sites for hydroxylation is 1. The summed E-state index contributed by atoms with van der Waals surface area (Å²) >= 11 is 21.4. The Morgan fingerprint density at radius 3 is 2.37 bits per heavy atom. The number of carbonyl (C=O) groups is 1. The highest BCUT2D eigenvalue weighted by molar-refractivity contribution is 9.10. The van der Waals surface area contributed by atoms with E-state index in [4.69, 9.17) is 39.5 Å². The van der Waals surface area contributed by atoms with Crippen molar-refractivity contribution in [3.05, 3.63) is 67.6 Å². The number of benzene rings is 2. The lowest BCUT2D eigenvalue weighted by molar-refractivity contribution is 0.0976. The zero-order valence-corrected chi connectivity index (χ0v) is 20.1. The molecule has 0 saturated heterocycles. The van der Waals surface area contributed by atoms with Crippen molar-refractivity contribution in [2.24, 2.45) is 0 Å². The van der Waals surface area contributed by atoms with Gasteiger partial charge in [-0.05, 0) is 53.2 Å². The molecule has 2 aromatic carbocycles. The van der Waals surface area contributed by atoms with Crippen LogP contribution in [-0.4, -0.2) is 31.0 Å². The van der Waals surface area contributed by atoms with Gasteiger partial charge in [-0.25, -0.2) is 18.1 Å². The van der Waals surface area contributed by atoms with E-state index in [0.29, 0.717) is 21.6 Å². The summed E-state index contributed by atoms with van der Waals surface area (Å²) in [7, 11) is -2.91. The molecule has 0 bridgehead atoms. The second-order valence-electron chi connectivity index (χ2n) is 5.99. The third-order valence-electron chi connectivity index (χ3n) is 3.96. The Kier molecular flexibility index (Phi) is 6.69. The first-order valence-electron chi connectivity index (χ1n) is 8.15. The molecule has 0 aliphatic heterocycles. The number of hydrogen-bond acceptors (Lipinski definition) is 5. The van der Waals surface area contributed by atoms with E-state index >= 15 is 0 Å². The van der Waals surface area contributed by atoms with E-state index in [-0.39, 0.29) is 26.0 Å². The molecule has 0 unspecified atom stereocenters. The van der Waals surface area contributed by atoms with Crippen molar-refractivity contribution in [1.29, 1.82) is 0 Å². The molecule has 0 fully saturated rings. The minimum absolute atomic E-state index is 0.0644. The maximum absolute atomic E-state index is 12.7. The first-order valence-corrected chi connectivity index (χ1v) is 11.6. The lowest BCUT2D eigenvalue weighted by Gasteiger charge is -2.10. The molecule has 0 spiro atoms. The fourth-order valence-corrected chi connectivity index (χ4v) is 5.37. The molecule has 1 aromatic heterocycles. The molecule has 0 aliphatic carbocycles. The number of halogens is 4. The smallest absolute Gasteiger partial charge is 0.286 e. The maximum atomic E-state index is 12.7. The molecule has 0 radical (unpaired) electrons. The SMILES string of the molecule is COc1ccc(Cl)c(S(=O)(=O)NC(=O)c2nc(C)n(-c3cc(Cl)cc(Cl)c3)c2Br)c1. The summed E-state index contributed by atoms with van der Waals surface area (Å²) in [5.41, 5.74) is 0.397. The van der Waals surface area contributed by atoms with Crippen molar-refractivity contribution in [3.8, 4) is 11.4 Å². The van der Waals surface area contributed by atoms with Gasteiger partial charge in [0, 0.05) is 16.1 Å². The Morgan fingerprint density at radius 2 is 1.77 bits per heavy atom. The van der Waals surface area contributed by atoms with E-state index in [1.165, 1.54) is 25.3 Å². The van der Waals surface area contributed by atoms with Gasteiger partial charge in [0.15, 0.2) is 5.69 Å². The van der Waals surface area contributed by atoms with Crippen molar-refractivity contribution in [2.75, 3.05) is 7.11 Å².